The highest BCUT2D eigenvalue weighted by Crippen LogP contribution is 2.20. The molecule has 2 aromatic rings. The van der Waals surface area contributed by atoms with Crippen molar-refractivity contribution in [1.82, 2.24) is 10.2 Å². The van der Waals surface area contributed by atoms with Crippen molar-refractivity contribution in [2.45, 2.75) is 19.8 Å². The number of benzene rings is 1. The van der Waals surface area contributed by atoms with Crippen molar-refractivity contribution in [3.05, 3.63) is 29.5 Å². The van der Waals surface area contributed by atoms with E-state index < -0.39 is 5.97 Å². The van der Waals surface area contributed by atoms with Gasteiger partial charge in [0.15, 0.2) is 0 Å². The van der Waals surface area contributed by atoms with Crippen LogP contribution in [0.1, 0.15) is 18.2 Å². The van der Waals surface area contributed by atoms with Gasteiger partial charge in [0.05, 0.1) is 11.9 Å². The van der Waals surface area contributed by atoms with Crippen molar-refractivity contribution in [3.8, 4) is 0 Å². The molecule has 0 fully saturated rings. The maximum atomic E-state index is 10.7. The molecule has 0 saturated carbocycles. The van der Waals surface area contributed by atoms with Gasteiger partial charge in [-0.2, -0.15) is 5.10 Å². The first-order valence-electron chi connectivity index (χ1n) is 4.89. The number of carbonyl (C=O) groups is 1. The zero-order chi connectivity index (χ0) is 10.8. The third-order valence-electron chi connectivity index (χ3n) is 2.44. The van der Waals surface area contributed by atoms with Crippen molar-refractivity contribution in [2.24, 2.45) is 0 Å². The molecule has 1 aromatic carbocycles. The van der Waals surface area contributed by atoms with Gasteiger partial charge in [-0.1, -0.05) is 25.1 Å². The van der Waals surface area contributed by atoms with Crippen LogP contribution in [-0.4, -0.2) is 21.3 Å². The minimum Gasteiger partial charge on any atom is -0.481 e. The molecule has 4 heteroatoms. The number of aliphatic carboxylic acids is 1. The van der Waals surface area contributed by atoms with Crippen molar-refractivity contribution >= 4 is 16.9 Å². The van der Waals surface area contributed by atoms with Gasteiger partial charge in [-0.15, -0.1) is 0 Å². The number of H-pyrrole nitrogens is 1. The van der Waals surface area contributed by atoms with E-state index in [0.29, 0.717) is 0 Å². The monoisotopic (exact) mass is 204 g/mol. The molecule has 0 aliphatic carbocycles. The molecule has 0 aliphatic rings. The molecular formula is C11H12N2O2. The molecule has 0 atom stereocenters. The summed E-state index contributed by atoms with van der Waals surface area (Å²) in [5.41, 5.74) is 2.59. The SMILES string of the molecule is CCc1[nH]nc2c(CC(=O)O)cccc12. The smallest absolute Gasteiger partial charge is 0.307 e. The average Bonchev–Trinajstić information content (AvgIpc) is 2.61. The summed E-state index contributed by atoms with van der Waals surface area (Å²) < 4.78 is 0. The van der Waals surface area contributed by atoms with E-state index in [2.05, 4.69) is 10.2 Å². The molecule has 0 bridgehead atoms. The summed E-state index contributed by atoms with van der Waals surface area (Å²) in [5, 5.41) is 16.9. The molecule has 0 radical (unpaired) electrons. The van der Waals surface area contributed by atoms with E-state index in [4.69, 9.17) is 5.11 Å². The standard InChI is InChI=1S/C11H12N2O2/c1-2-9-8-5-3-4-7(6-10(14)15)11(8)13-12-9/h3-5H,2,6H2,1H3,(H,12,13)(H,14,15). The number of hydrogen-bond acceptors (Lipinski definition) is 2. The Kier molecular flexibility index (Phi) is 2.41. The average molecular weight is 204 g/mol. The molecular weight excluding hydrogens is 192 g/mol. The molecule has 2 rings (SSSR count). The number of rotatable bonds is 3. The van der Waals surface area contributed by atoms with E-state index in [0.717, 1.165) is 28.6 Å². The Hall–Kier alpha value is -1.84. The number of hydrogen-bond donors (Lipinski definition) is 2. The summed E-state index contributed by atoms with van der Waals surface area (Å²) in [5.74, 6) is -0.830. The Bertz CT molecular complexity index is 502. The fraction of sp³-hybridized carbons (Fsp3) is 0.273. The quantitative estimate of drug-likeness (QED) is 0.800. The summed E-state index contributed by atoms with van der Waals surface area (Å²) >= 11 is 0. The summed E-state index contributed by atoms with van der Waals surface area (Å²) in [4.78, 5) is 10.7. The Morgan fingerprint density at radius 1 is 1.53 bits per heavy atom. The Morgan fingerprint density at radius 2 is 2.33 bits per heavy atom. The van der Waals surface area contributed by atoms with E-state index in [1.807, 2.05) is 19.1 Å². The van der Waals surface area contributed by atoms with E-state index in [9.17, 15) is 4.79 Å². The van der Waals surface area contributed by atoms with E-state index >= 15 is 0 Å². The number of aryl methyl sites for hydroxylation is 1. The predicted octanol–water partition coefficient (Wildman–Crippen LogP) is 1.75. The fourth-order valence-electron chi connectivity index (χ4n) is 1.73. The molecule has 15 heavy (non-hydrogen) atoms. The second-order valence-corrected chi connectivity index (χ2v) is 3.44. The predicted molar refractivity (Wildman–Crippen MR) is 56.8 cm³/mol. The second-order valence-electron chi connectivity index (χ2n) is 3.44. The van der Waals surface area contributed by atoms with Gasteiger partial charge in [-0.3, -0.25) is 9.89 Å². The van der Waals surface area contributed by atoms with Gasteiger partial charge in [-0.25, -0.2) is 0 Å². The highest BCUT2D eigenvalue weighted by molar-refractivity contribution is 5.87. The van der Waals surface area contributed by atoms with Crippen molar-refractivity contribution in [2.75, 3.05) is 0 Å². The van der Waals surface area contributed by atoms with Gasteiger partial charge in [0.25, 0.3) is 0 Å². The lowest BCUT2D eigenvalue weighted by Gasteiger charge is -1.98. The van der Waals surface area contributed by atoms with E-state index in [-0.39, 0.29) is 6.42 Å². The Balaban J connectivity index is 2.56. The van der Waals surface area contributed by atoms with Gasteiger partial charge in [0.2, 0.25) is 0 Å². The van der Waals surface area contributed by atoms with Crippen molar-refractivity contribution in [1.29, 1.82) is 0 Å². The molecule has 0 unspecified atom stereocenters. The lowest BCUT2D eigenvalue weighted by Crippen LogP contribution is -2.00. The molecule has 1 heterocycles. The molecule has 0 spiro atoms. The molecule has 0 aliphatic heterocycles. The van der Waals surface area contributed by atoms with Crippen LogP contribution in [-0.2, 0) is 17.6 Å². The summed E-state index contributed by atoms with van der Waals surface area (Å²) in [6.45, 7) is 2.04. The Morgan fingerprint density at radius 3 is 3.00 bits per heavy atom. The van der Waals surface area contributed by atoms with Gasteiger partial charge in [-0.05, 0) is 12.0 Å². The number of carboxylic acid groups (broad SMARTS) is 1. The Labute approximate surface area is 86.9 Å². The largest absolute Gasteiger partial charge is 0.481 e. The van der Waals surface area contributed by atoms with Crippen LogP contribution < -0.4 is 0 Å². The molecule has 78 valence electrons. The second kappa shape index (κ2) is 3.73. The van der Waals surface area contributed by atoms with E-state index in [1.54, 1.807) is 6.07 Å². The number of para-hydroxylation sites is 1. The molecule has 0 saturated heterocycles. The lowest BCUT2D eigenvalue weighted by molar-refractivity contribution is -0.136. The summed E-state index contributed by atoms with van der Waals surface area (Å²) in [7, 11) is 0. The van der Waals surface area contributed by atoms with Gasteiger partial charge in [0, 0.05) is 11.1 Å². The third-order valence-corrected chi connectivity index (χ3v) is 2.44. The fourth-order valence-corrected chi connectivity index (χ4v) is 1.73. The van der Waals surface area contributed by atoms with Crippen molar-refractivity contribution < 1.29 is 9.90 Å². The first-order valence-corrected chi connectivity index (χ1v) is 4.89. The number of carboxylic acids is 1. The van der Waals surface area contributed by atoms with Gasteiger partial charge in [0.1, 0.15) is 0 Å². The lowest BCUT2D eigenvalue weighted by atomic mass is 10.1. The zero-order valence-electron chi connectivity index (χ0n) is 8.45. The van der Waals surface area contributed by atoms with Crippen LogP contribution in [0.5, 0.6) is 0 Å². The van der Waals surface area contributed by atoms with Crippen LogP contribution in [0.15, 0.2) is 18.2 Å². The van der Waals surface area contributed by atoms with Crippen LogP contribution in [0.25, 0.3) is 10.9 Å². The molecule has 0 amide bonds. The van der Waals surface area contributed by atoms with E-state index in [1.165, 1.54) is 0 Å². The first kappa shape index (κ1) is 9.71. The number of nitrogens with zero attached hydrogens (tertiary/aromatic N) is 1. The molecule has 2 N–H and O–H groups in total. The summed E-state index contributed by atoms with van der Waals surface area (Å²) in [6.07, 6.45) is 0.887. The molecule has 4 nitrogen and oxygen atoms in total. The third kappa shape index (κ3) is 1.70. The highest BCUT2D eigenvalue weighted by atomic mass is 16.4. The van der Waals surface area contributed by atoms with Crippen molar-refractivity contribution in [3.63, 3.8) is 0 Å². The maximum Gasteiger partial charge on any atom is 0.307 e. The molecule has 1 aromatic heterocycles. The first-order chi connectivity index (χ1) is 7.22. The number of fused-ring (bicyclic) bond motifs is 1. The van der Waals surface area contributed by atoms with Crippen LogP contribution in [0.2, 0.25) is 0 Å². The number of aromatic amines is 1. The van der Waals surface area contributed by atoms with Crippen LogP contribution in [0.3, 0.4) is 0 Å². The minimum atomic E-state index is -0.830. The van der Waals surface area contributed by atoms with Crippen LogP contribution in [0.4, 0.5) is 0 Å². The van der Waals surface area contributed by atoms with Crippen LogP contribution >= 0.6 is 0 Å². The minimum absolute atomic E-state index is 0.0192. The topological polar surface area (TPSA) is 66.0 Å². The zero-order valence-corrected chi connectivity index (χ0v) is 8.45. The summed E-state index contributed by atoms with van der Waals surface area (Å²) in [6, 6.07) is 5.63. The van der Waals surface area contributed by atoms with Crippen LogP contribution in [0, 0.1) is 0 Å². The van der Waals surface area contributed by atoms with Gasteiger partial charge < -0.3 is 5.11 Å². The number of aromatic nitrogens is 2. The number of nitrogens with one attached hydrogen (secondary N) is 1. The van der Waals surface area contributed by atoms with Gasteiger partial charge >= 0.3 is 5.97 Å². The maximum absolute atomic E-state index is 10.7. The highest BCUT2D eigenvalue weighted by Gasteiger charge is 2.09. The normalized spacial score (nSPS) is 10.7.